The minimum Gasteiger partial charge on any atom is -0.420 e. The Morgan fingerprint density at radius 2 is 1.93 bits per heavy atom. The molecule has 2 rings (SSSR count). The lowest BCUT2D eigenvalue weighted by Gasteiger charge is -1.91. The highest BCUT2D eigenvalue weighted by Gasteiger charge is 2.13. The third-order valence-electron chi connectivity index (χ3n) is 1.91. The first kappa shape index (κ1) is 9.67. The van der Waals surface area contributed by atoms with E-state index in [0.29, 0.717) is 11.6 Å². The summed E-state index contributed by atoms with van der Waals surface area (Å²) in [6.07, 6.45) is 0. The van der Waals surface area contributed by atoms with Crippen LogP contribution in [0.25, 0.3) is 11.5 Å². The molecule has 1 aromatic carbocycles. The molecule has 2 aromatic rings. The number of aromatic nitrogens is 1. The van der Waals surface area contributed by atoms with Crippen LogP contribution in [-0.2, 0) is 0 Å². The van der Waals surface area contributed by atoms with E-state index in [2.05, 4.69) is 4.98 Å². The molecule has 0 saturated carbocycles. The van der Waals surface area contributed by atoms with E-state index in [9.17, 15) is 0 Å². The van der Waals surface area contributed by atoms with Gasteiger partial charge in [-0.1, -0.05) is 30.4 Å². The lowest BCUT2D eigenvalue weighted by Crippen LogP contribution is -2.11. The smallest absolute Gasteiger partial charge is 0.229 e. The van der Waals surface area contributed by atoms with Crippen LogP contribution in [-0.4, -0.2) is 9.97 Å². The second kappa shape index (κ2) is 3.70. The van der Waals surface area contributed by atoms with Crippen molar-refractivity contribution < 1.29 is 4.42 Å². The fourth-order valence-corrected chi connectivity index (χ4v) is 1.36. The molecule has 0 atom stereocenters. The van der Waals surface area contributed by atoms with Crippen LogP contribution >= 0.6 is 12.2 Å². The molecule has 0 fully saturated rings. The molecule has 0 bridgehead atoms. The molecular formula is C10H9N3OS. The number of rotatable bonds is 2. The van der Waals surface area contributed by atoms with Crippen molar-refractivity contribution in [1.82, 2.24) is 4.98 Å². The Labute approximate surface area is 91.9 Å². The van der Waals surface area contributed by atoms with E-state index in [1.54, 1.807) is 0 Å². The normalized spacial score (nSPS) is 10.1. The van der Waals surface area contributed by atoms with Crippen LogP contribution < -0.4 is 11.5 Å². The Bertz CT molecular complexity index is 493. The average Bonchev–Trinajstić information content (AvgIpc) is 2.62. The largest absolute Gasteiger partial charge is 0.420 e. The summed E-state index contributed by atoms with van der Waals surface area (Å²) >= 11 is 4.79. The number of hydrogen-bond donors (Lipinski definition) is 2. The monoisotopic (exact) mass is 219 g/mol. The first-order valence-corrected chi connectivity index (χ1v) is 4.71. The maximum atomic E-state index is 5.58. The van der Waals surface area contributed by atoms with Crippen LogP contribution in [0.1, 0.15) is 5.69 Å². The van der Waals surface area contributed by atoms with Gasteiger partial charge in [0.25, 0.3) is 0 Å². The SMILES string of the molecule is NC(=S)c1nc(-c2ccccc2)oc1N. The predicted octanol–water partition coefficient (Wildman–Crippen LogP) is 1.56. The molecule has 76 valence electrons. The Kier molecular flexibility index (Phi) is 2.39. The van der Waals surface area contributed by atoms with Gasteiger partial charge in [0, 0.05) is 5.56 Å². The summed E-state index contributed by atoms with van der Waals surface area (Å²) in [6, 6.07) is 9.42. The third kappa shape index (κ3) is 1.82. The lowest BCUT2D eigenvalue weighted by atomic mass is 10.2. The predicted molar refractivity (Wildman–Crippen MR) is 62.2 cm³/mol. The van der Waals surface area contributed by atoms with Gasteiger partial charge in [0.2, 0.25) is 11.8 Å². The van der Waals surface area contributed by atoms with Gasteiger partial charge in [-0.15, -0.1) is 0 Å². The van der Waals surface area contributed by atoms with E-state index >= 15 is 0 Å². The topological polar surface area (TPSA) is 78.1 Å². The molecule has 0 aliphatic carbocycles. The van der Waals surface area contributed by atoms with E-state index in [1.807, 2.05) is 30.3 Å². The standard InChI is InChI=1S/C10H9N3OS/c11-8-7(9(12)15)13-10(14-8)6-4-2-1-3-5-6/h1-5H,11H2,(H2,12,15). The molecule has 0 spiro atoms. The number of thiocarbonyl (C=S) groups is 1. The van der Waals surface area contributed by atoms with Gasteiger partial charge in [-0.3, -0.25) is 0 Å². The number of anilines is 1. The van der Waals surface area contributed by atoms with Crippen LogP contribution in [0.2, 0.25) is 0 Å². The molecule has 0 amide bonds. The third-order valence-corrected chi connectivity index (χ3v) is 2.10. The number of oxazole rings is 1. The minimum atomic E-state index is 0.137. The lowest BCUT2D eigenvalue weighted by molar-refractivity contribution is 0.594. The van der Waals surface area contributed by atoms with E-state index < -0.39 is 0 Å². The highest BCUT2D eigenvalue weighted by molar-refractivity contribution is 7.80. The molecule has 4 nitrogen and oxygen atoms in total. The van der Waals surface area contributed by atoms with Crippen LogP contribution in [0, 0.1) is 0 Å². The summed E-state index contributed by atoms with van der Waals surface area (Å²) in [5, 5.41) is 0. The number of nitrogen functional groups attached to an aromatic ring is 1. The Balaban J connectivity index is 2.48. The molecule has 0 radical (unpaired) electrons. The number of nitrogens with two attached hydrogens (primary N) is 2. The fraction of sp³-hybridized carbons (Fsp3) is 0. The average molecular weight is 219 g/mol. The molecule has 1 heterocycles. The molecule has 1 aromatic heterocycles. The van der Waals surface area contributed by atoms with E-state index in [1.165, 1.54) is 0 Å². The molecule has 4 N–H and O–H groups in total. The van der Waals surface area contributed by atoms with Crippen LogP contribution in [0.5, 0.6) is 0 Å². The Hall–Kier alpha value is -1.88. The summed E-state index contributed by atoms with van der Waals surface area (Å²) in [6.45, 7) is 0. The van der Waals surface area contributed by atoms with Gasteiger partial charge in [0.15, 0.2) is 5.69 Å². The zero-order valence-corrected chi connectivity index (χ0v) is 8.62. The quantitative estimate of drug-likeness (QED) is 0.749. The Morgan fingerprint density at radius 3 is 2.47 bits per heavy atom. The second-order valence-corrected chi connectivity index (χ2v) is 3.40. The van der Waals surface area contributed by atoms with Gasteiger partial charge in [0.1, 0.15) is 4.99 Å². The van der Waals surface area contributed by atoms with Crippen molar-refractivity contribution in [3.8, 4) is 11.5 Å². The van der Waals surface area contributed by atoms with Crippen molar-refractivity contribution in [2.75, 3.05) is 5.73 Å². The van der Waals surface area contributed by atoms with Crippen molar-refractivity contribution in [2.24, 2.45) is 5.73 Å². The molecule has 0 saturated heterocycles. The highest BCUT2D eigenvalue weighted by Crippen LogP contribution is 2.22. The van der Waals surface area contributed by atoms with Crippen LogP contribution in [0.15, 0.2) is 34.7 Å². The van der Waals surface area contributed by atoms with Gasteiger partial charge >= 0.3 is 0 Å². The zero-order chi connectivity index (χ0) is 10.8. The van der Waals surface area contributed by atoms with Crippen molar-refractivity contribution in [2.45, 2.75) is 0 Å². The molecule has 15 heavy (non-hydrogen) atoms. The van der Waals surface area contributed by atoms with Gasteiger partial charge < -0.3 is 15.9 Å². The van der Waals surface area contributed by atoms with Crippen molar-refractivity contribution in [3.05, 3.63) is 36.0 Å². The second-order valence-electron chi connectivity index (χ2n) is 2.96. The van der Waals surface area contributed by atoms with E-state index in [0.717, 1.165) is 5.56 Å². The molecule has 0 aliphatic heterocycles. The van der Waals surface area contributed by atoms with Gasteiger partial charge in [-0.25, -0.2) is 4.98 Å². The first-order chi connectivity index (χ1) is 7.18. The van der Waals surface area contributed by atoms with Crippen molar-refractivity contribution in [1.29, 1.82) is 0 Å². The molecule has 0 unspecified atom stereocenters. The summed E-state index contributed by atoms with van der Waals surface area (Å²) in [5.41, 5.74) is 12.2. The van der Waals surface area contributed by atoms with Crippen molar-refractivity contribution >= 4 is 23.1 Å². The highest BCUT2D eigenvalue weighted by atomic mass is 32.1. The molecular weight excluding hydrogens is 210 g/mol. The van der Waals surface area contributed by atoms with Crippen LogP contribution in [0.4, 0.5) is 5.88 Å². The zero-order valence-electron chi connectivity index (χ0n) is 7.81. The van der Waals surface area contributed by atoms with Gasteiger partial charge in [0.05, 0.1) is 0 Å². The summed E-state index contributed by atoms with van der Waals surface area (Å²) in [7, 11) is 0. The van der Waals surface area contributed by atoms with Crippen molar-refractivity contribution in [3.63, 3.8) is 0 Å². The maximum absolute atomic E-state index is 5.58. The maximum Gasteiger partial charge on any atom is 0.229 e. The van der Waals surface area contributed by atoms with E-state index in [-0.39, 0.29) is 10.9 Å². The van der Waals surface area contributed by atoms with Crippen LogP contribution in [0.3, 0.4) is 0 Å². The molecule has 0 aliphatic rings. The number of benzene rings is 1. The van der Waals surface area contributed by atoms with E-state index in [4.69, 9.17) is 28.1 Å². The van der Waals surface area contributed by atoms with Gasteiger partial charge in [-0.2, -0.15) is 0 Å². The number of hydrogen-bond acceptors (Lipinski definition) is 4. The number of nitrogens with zero attached hydrogens (tertiary/aromatic N) is 1. The van der Waals surface area contributed by atoms with Gasteiger partial charge in [-0.05, 0) is 12.1 Å². The minimum absolute atomic E-state index is 0.137. The summed E-state index contributed by atoms with van der Waals surface area (Å²) in [5.74, 6) is 0.581. The Morgan fingerprint density at radius 1 is 1.27 bits per heavy atom. The fourth-order valence-electron chi connectivity index (χ4n) is 1.21. The first-order valence-electron chi connectivity index (χ1n) is 4.30. The summed E-state index contributed by atoms with van der Waals surface area (Å²) in [4.78, 5) is 4.26. The molecule has 5 heteroatoms. The summed E-state index contributed by atoms with van der Waals surface area (Å²) < 4.78 is 5.26.